The predicted octanol–water partition coefficient (Wildman–Crippen LogP) is 3.21. The lowest BCUT2D eigenvalue weighted by Gasteiger charge is -2.24. The van der Waals surface area contributed by atoms with Gasteiger partial charge in [-0.3, -0.25) is 23.7 Å². The smallest absolute Gasteiger partial charge is 0.459 e. The fraction of sp³-hybridized carbons (Fsp3) is 0.458. The summed E-state index contributed by atoms with van der Waals surface area (Å²) in [4.78, 5) is 40.3. The van der Waals surface area contributed by atoms with Gasteiger partial charge in [0.15, 0.2) is 0 Å². The number of unbranched alkanes of at least 4 members (excludes halogenated alkanes) is 1. The first kappa shape index (κ1) is 30.9. The Morgan fingerprint density at radius 2 is 2.10 bits per heavy atom. The minimum atomic E-state index is -4.30. The highest BCUT2D eigenvalue weighted by Gasteiger charge is 2.39. The maximum atomic E-state index is 13.6. The first-order chi connectivity index (χ1) is 18.5. The summed E-state index contributed by atoms with van der Waals surface area (Å²) in [5, 5.41) is 13.1. The van der Waals surface area contributed by atoms with Crippen LogP contribution in [0.4, 0.5) is 4.39 Å². The summed E-state index contributed by atoms with van der Waals surface area (Å²) in [5.41, 5.74) is -1.17. The molecule has 3 rings (SSSR count). The summed E-state index contributed by atoms with van der Waals surface area (Å²) in [5.74, 6) is -1.23. The summed E-state index contributed by atoms with van der Waals surface area (Å²) in [6.07, 6.45) is 1.01. The van der Waals surface area contributed by atoms with Crippen molar-refractivity contribution in [2.45, 2.75) is 57.6 Å². The molecule has 0 saturated carbocycles. The third kappa shape index (κ3) is 8.69. The quantitative estimate of drug-likeness (QED) is 0.170. The van der Waals surface area contributed by atoms with E-state index in [0.717, 1.165) is 23.1 Å². The minimum Gasteiger partial charge on any atom is -0.465 e. The Bertz CT molecular complexity index is 1320. The number of ether oxygens (including phenoxy) is 2. The molecule has 0 amide bonds. The number of carbonyl (C=O) groups is 1. The fourth-order valence-corrected chi connectivity index (χ4v) is 5.35. The van der Waals surface area contributed by atoms with Crippen LogP contribution < -0.4 is 20.9 Å². The van der Waals surface area contributed by atoms with E-state index in [1.807, 2.05) is 6.92 Å². The monoisotopic (exact) mass is 633 g/mol. The molecule has 2 aromatic rings. The van der Waals surface area contributed by atoms with Crippen LogP contribution in [0.3, 0.4) is 0 Å². The van der Waals surface area contributed by atoms with Crippen LogP contribution in [-0.4, -0.2) is 52.1 Å². The van der Waals surface area contributed by atoms with Crippen molar-refractivity contribution < 1.29 is 37.4 Å². The number of hydrogen-bond donors (Lipinski definition) is 3. The Hall–Kier alpha value is -2.61. The van der Waals surface area contributed by atoms with E-state index in [1.165, 1.54) is 36.3 Å². The second-order valence-corrected chi connectivity index (χ2v) is 10.9. The lowest BCUT2D eigenvalue weighted by molar-refractivity contribution is -0.145. The van der Waals surface area contributed by atoms with Gasteiger partial charge in [0.25, 0.3) is 5.56 Å². The minimum absolute atomic E-state index is 0.00304. The number of aliphatic hydroxyl groups excluding tert-OH is 1. The zero-order chi connectivity index (χ0) is 28.6. The Labute approximate surface area is 231 Å². The van der Waals surface area contributed by atoms with Crippen molar-refractivity contribution >= 4 is 35.7 Å². The molecular formula is C24H30BrFN3O9P. The number of carbonyl (C=O) groups excluding carboxylic acids is 1. The van der Waals surface area contributed by atoms with Crippen LogP contribution in [0.2, 0.25) is 0 Å². The highest BCUT2D eigenvalue weighted by Crippen LogP contribution is 2.46. The van der Waals surface area contributed by atoms with Crippen molar-refractivity contribution in [1.29, 1.82) is 0 Å². The second kappa shape index (κ2) is 14.1. The zero-order valence-electron chi connectivity index (χ0n) is 21.2. The van der Waals surface area contributed by atoms with Gasteiger partial charge in [-0.05, 0) is 48.7 Å². The van der Waals surface area contributed by atoms with Gasteiger partial charge in [0, 0.05) is 12.6 Å². The molecule has 1 fully saturated rings. The summed E-state index contributed by atoms with van der Waals surface area (Å²) >= 11 is 3.07. The fourth-order valence-electron chi connectivity index (χ4n) is 3.57. The number of esters is 1. The van der Waals surface area contributed by atoms with Crippen LogP contribution >= 0.6 is 23.7 Å². The number of benzene rings is 1. The maximum absolute atomic E-state index is 13.6. The molecule has 5 atom stereocenters. The van der Waals surface area contributed by atoms with Gasteiger partial charge < -0.3 is 19.1 Å². The average molecular weight is 634 g/mol. The standard InChI is InChI=1S/C24H30BrFN3O9P/c1-3-4-11-35-23(32)15(2)28-39(34,38-18-7-5-17(26)6-8-18)36-14-20-19(30)12-21(37-20)29-13-16(9-10-25)22(31)27-24(29)33/h5-10,13,15,19-21,30H,3-4,11-12,14H2,1-2H3,(H,28,34)(H,27,31,33)/b10-9+/t15-,19?,20+,21+,39?/m0/s1. The van der Waals surface area contributed by atoms with Crippen molar-refractivity contribution in [3.05, 3.63) is 67.7 Å². The summed E-state index contributed by atoms with van der Waals surface area (Å²) in [7, 11) is -4.30. The van der Waals surface area contributed by atoms with E-state index in [4.69, 9.17) is 18.5 Å². The van der Waals surface area contributed by atoms with E-state index < -0.39 is 61.9 Å². The van der Waals surface area contributed by atoms with Crippen LogP contribution in [0.5, 0.6) is 5.75 Å². The Morgan fingerprint density at radius 3 is 2.77 bits per heavy atom. The lowest BCUT2D eigenvalue weighted by Crippen LogP contribution is -2.36. The van der Waals surface area contributed by atoms with Crippen LogP contribution in [0, 0.1) is 5.82 Å². The van der Waals surface area contributed by atoms with Crippen molar-refractivity contribution in [2.75, 3.05) is 13.2 Å². The molecule has 0 aliphatic carbocycles. The number of rotatable bonds is 13. The molecule has 12 nitrogen and oxygen atoms in total. The largest absolute Gasteiger partial charge is 0.465 e. The average Bonchev–Trinajstić information content (AvgIpc) is 3.26. The molecule has 39 heavy (non-hydrogen) atoms. The van der Waals surface area contributed by atoms with Gasteiger partial charge in [-0.2, -0.15) is 5.09 Å². The van der Waals surface area contributed by atoms with Gasteiger partial charge in [-0.25, -0.2) is 13.8 Å². The molecule has 214 valence electrons. The molecule has 1 aromatic heterocycles. The lowest BCUT2D eigenvalue weighted by atomic mass is 10.2. The van der Waals surface area contributed by atoms with Crippen LogP contribution in [0.1, 0.15) is 44.9 Å². The molecule has 3 N–H and O–H groups in total. The number of halogens is 2. The van der Waals surface area contributed by atoms with Gasteiger partial charge in [-0.1, -0.05) is 29.3 Å². The molecule has 1 aliphatic rings. The highest BCUT2D eigenvalue weighted by molar-refractivity contribution is 9.11. The Morgan fingerprint density at radius 1 is 1.38 bits per heavy atom. The van der Waals surface area contributed by atoms with Gasteiger partial charge in [0.2, 0.25) is 0 Å². The van der Waals surface area contributed by atoms with Gasteiger partial charge in [0.05, 0.1) is 24.9 Å². The van der Waals surface area contributed by atoms with Crippen molar-refractivity contribution in [3.63, 3.8) is 0 Å². The summed E-state index contributed by atoms with van der Waals surface area (Å²) in [6, 6.07) is 3.55. The van der Waals surface area contributed by atoms with Crippen molar-refractivity contribution in [3.8, 4) is 5.75 Å². The number of aliphatic hydroxyl groups is 1. The van der Waals surface area contributed by atoms with Gasteiger partial charge in [0.1, 0.15) is 29.9 Å². The summed E-state index contributed by atoms with van der Waals surface area (Å²) in [6.45, 7) is 3.07. The Kier molecular flexibility index (Phi) is 11.2. The SMILES string of the molecule is CCCCOC(=O)[C@H](C)NP(=O)(OC[C@H]1O[C@@H](n2cc(/C=C/Br)c(=O)[nH]c2=O)CC1O)Oc1ccc(F)cc1. The molecule has 2 unspecified atom stereocenters. The number of aromatic nitrogens is 2. The first-order valence-electron chi connectivity index (χ1n) is 12.1. The van der Waals surface area contributed by atoms with Crippen molar-refractivity contribution in [2.24, 2.45) is 0 Å². The van der Waals surface area contributed by atoms with Crippen LogP contribution in [-0.2, 0) is 23.4 Å². The van der Waals surface area contributed by atoms with Gasteiger partial charge in [-0.15, -0.1) is 0 Å². The number of aromatic amines is 1. The van der Waals surface area contributed by atoms with Crippen LogP contribution in [0.25, 0.3) is 6.08 Å². The molecule has 0 spiro atoms. The van der Waals surface area contributed by atoms with Gasteiger partial charge >= 0.3 is 19.4 Å². The third-order valence-corrected chi connectivity index (χ3v) is 7.56. The summed E-state index contributed by atoms with van der Waals surface area (Å²) < 4.78 is 50.0. The van der Waals surface area contributed by atoms with E-state index in [2.05, 4.69) is 26.0 Å². The number of H-pyrrole nitrogens is 1. The molecule has 0 bridgehead atoms. The van der Waals surface area contributed by atoms with E-state index in [0.29, 0.717) is 6.42 Å². The van der Waals surface area contributed by atoms with E-state index in [1.54, 1.807) is 0 Å². The molecule has 1 aliphatic heterocycles. The normalized spacial score (nSPS) is 21.5. The number of hydrogen-bond acceptors (Lipinski definition) is 9. The van der Waals surface area contributed by atoms with E-state index in [-0.39, 0.29) is 24.3 Å². The number of nitrogens with one attached hydrogen (secondary N) is 2. The van der Waals surface area contributed by atoms with E-state index in [9.17, 15) is 28.4 Å². The van der Waals surface area contributed by atoms with Crippen LogP contribution in [0.15, 0.2) is 45.0 Å². The maximum Gasteiger partial charge on any atom is 0.459 e. The number of nitrogens with zero attached hydrogens (tertiary/aromatic N) is 1. The topological polar surface area (TPSA) is 158 Å². The first-order valence-corrected chi connectivity index (χ1v) is 14.6. The second-order valence-electron chi connectivity index (χ2n) is 8.69. The molecule has 1 saturated heterocycles. The Balaban J connectivity index is 1.74. The predicted molar refractivity (Wildman–Crippen MR) is 143 cm³/mol. The third-order valence-electron chi connectivity index (χ3n) is 5.65. The molecule has 0 radical (unpaired) electrons. The zero-order valence-corrected chi connectivity index (χ0v) is 23.7. The molecule has 15 heteroatoms. The molecule has 1 aromatic carbocycles. The van der Waals surface area contributed by atoms with Crippen molar-refractivity contribution in [1.82, 2.24) is 14.6 Å². The molecular weight excluding hydrogens is 604 g/mol. The van der Waals surface area contributed by atoms with E-state index >= 15 is 0 Å². The molecule has 2 heterocycles. The highest BCUT2D eigenvalue weighted by atomic mass is 79.9.